The number of carbonyl (C=O) groups is 1. The van der Waals surface area contributed by atoms with Crippen LogP contribution < -0.4 is 5.32 Å². The molecule has 0 saturated carbocycles. The number of cyclic esters (lactones) is 1. The SMILES string of the molecule is Cl.Cl.O.O=C1OCC(c2ccc(Cl)c(Cl)c2)C(CCN2CCC(Nc3ccccc3)CC2)N1Cc1cc(C(F)(F)F)cc(C(F)(F)F)c1. The number of halogens is 10. The molecule has 3 aromatic carbocycles. The predicted molar refractivity (Wildman–Crippen MR) is 179 cm³/mol. The first-order valence-electron chi connectivity index (χ1n) is 14.5. The van der Waals surface area contributed by atoms with Crippen molar-refractivity contribution in [2.24, 2.45) is 0 Å². The maximum Gasteiger partial charge on any atom is 0.416 e. The Morgan fingerprint density at radius 1 is 0.833 bits per heavy atom. The zero-order valence-electron chi connectivity index (χ0n) is 25.3. The lowest BCUT2D eigenvalue weighted by Crippen LogP contribution is -2.51. The predicted octanol–water partition coefficient (Wildman–Crippen LogP) is 9.12. The Morgan fingerprint density at radius 2 is 1.44 bits per heavy atom. The van der Waals surface area contributed by atoms with Gasteiger partial charge in [-0.15, -0.1) is 24.8 Å². The van der Waals surface area contributed by atoms with Crippen molar-refractivity contribution in [1.29, 1.82) is 0 Å². The van der Waals surface area contributed by atoms with Crippen molar-refractivity contribution in [2.45, 2.75) is 56.2 Å². The zero-order valence-corrected chi connectivity index (χ0v) is 28.4. The van der Waals surface area contributed by atoms with Crippen LogP contribution in [0, 0.1) is 0 Å². The molecule has 0 radical (unpaired) electrons. The summed E-state index contributed by atoms with van der Waals surface area (Å²) in [5, 5.41) is 4.13. The summed E-state index contributed by atoms with van der Waals surface area (Å²) in [5.41, 5.74) is -1.45. The number of ether oxygens (including phenoxy) is 1. The Labute approximate surface area is 296 Å². The van der Waals surface area contributed by atoms with Crippen molar-refractivity contribution < 1.29 is 41.4 Å². The number of hydrogen-bond acceptors (Lipinski definition) is 4. The summed E-state index contributed by atoms with van der Waals surface area (Å²) in [6.07, 6.45) is -8.67. The lowest BCUT2D eigenvalue weighted by molar-refractivity contribution is -0.143. The van der Waals surface area contributed by atoms with Gasteiger partial charge in [0, 0.05) is 49.9 Å². The lowest BCUT2D eigenvalue weighted by Gasteiger charge is -2.42. The lowest BCUT2D eigenvalue weighted by atomic mass is 9.87. The van der Waals surface area contributed by atoms with E-state index in [0.29, 0.717) is 35.7 Å². The van der Waals surface area contributed by atoms with E-state index in [0.717, 1.165) is 31.6 Å². The Morgan fingerprint density at radius 3 is 2.00 bits per heavy atom. The van der Waals surface area contributed by atoms with Gasteiger partial charge in [-0.3, -0.25) is 0 Å². The van der Waals surface area contributed by atoms with E-state index in [4.69, 9.17) is 27.9 Å². The van der Waals surface area contributed by atoms with Gasteiger partial charge in [0.15, 0.2) is 0 Å². The number of nitrogens with zero attached hydrogens (tertiary/aromatic N) is 2. The van der Waals surface area contributed by atoms with Crippen LogP contribution in [-0.2, 0) is 23.6 Å². The van der Waals surface area contributed by atoms with Crippen molar-refractivity contribution in [3.05, 3.63) is 99.0 Å². The number of nitrogens with one attached hydrogen (secondary N) is 1. The fraction of sp³-hybridized carbons (Fsp3) is 0.406. The Kier molecular flexibility index (Phi) is 15.0. The first-order valence-corrected chi connectivity index (χ1v) is 15.2. The highest BCUT2D eigenvalue weighted by molar-refractivity contribution is 6.42. The van der Waals surface area contributed by atoms with Crippen LogP contribution in [0.3, 0.4) is 0 Å². The molecule has 2 aliphatic heterocycles. The van der Waals surface area contributed by atoms with Gasteiger partial charge in [0.05, 0.1) is 21.2 Å². The van der Waals surface area contributed by atoms with Gasteiger partial charge in [-0.05, 0) is 72.9 Å². The summed E-state index contributed by atoms with van der Waals surface area (Å²) >= 11 is 12.4. The smallest absolute Gasteiger partial charge is 0.416 e. The van der Waals surface area contributed by atoms with Crippen molar-refractivity contribution in [3.63, 3.8) is 0 Å². The molecular formula is C32H35Cl4F6N3O3. The summed E-state index contributed by atoms with van der Waals surface area (Å²) in [5.74, 6) is -0.456. The number of piperidine rings is 1. The monoisotopic (exact) mass is 763 g/mol. The second-order valence-electron chi connectivity index (χ2n) is 11.4. The van der Waals surface area contributed by atoms with Crippen molar-refractivity contribution in [2.75, 3.05) is 31.6 Å². The standard InChI is InChI=1S/C32H31Cl2F6N3O2.2ClH.H2O/c33-27-7-6-21(16-28(27)34)26-19-45-30(44)43(18-20-14-22(31(35,36)37)17-23(15-20)32(38,39)40)29(26)10-13-42-11-8-25(9-12-42)41-24-4-2-1-3-5-24;;;/h1-7,14-17,25-26,29,41H,8-13,18-19H2;2*1H;1H2. The van der Waals surface area contributed by atoms with Gasteiger partial charge >= 0.3 is 18.4 Å². The number of rotatable bonds is 8. The van der Waals surface area contributed by atoms with E-state index >= 15 is 0 Å². The number of benzene rings is 3. The largest absolute Gasteiger partial charge is 0.449 e. The molecular weight excluding hydrogens is 730 g/mol. The second-order valence-corrected chi connectivity index (χ2v) is 12.2. The van der Waals surface area contributed by atoms with Crippen LogP contribution in [0.5, 0.6) is 0 Å². The molecule has 0 bridgehead atoms. The summed E-state index contributed by atoms with van der Waals surface area (Å²) in [7, 11) is 0. The highest BCUT2D eigenvalue weighted by Gasteiger charge is 2.41. The Hall–Kier alpha value is -2.61. The minimum Gasteiger partial charge on any atom is -0.449 e. The summed E-state index contributed by atoms with van der Waals surface area (Å²) in [6, 6.07) is 15.9. The normalized spacial score (nSPS) is 19.0. The molecule has 2 heterocycles. The molecule has 2 unspecified atom stereocenters. The van der Waals surface area contributed by atoms with Gasteiger partial charge in [-0.1, -0.05) is 47.5 Å². The number of amides is 1. The molecule has 48 heavy (non-hydrogen) atoms. The van der Waals surface area contributed by atoms with Crippen LogP contribution in [0.15, 0.2) is 66.7 Å². The van der Waals surface area contributed by atoms with Crippen LogP contribution in [0.25, 0.3) is 0 Å². The molecule has 6 nitrogen and oxygen atoms in total. The molecule has 2 aliphatic rings. The molecule has 0 aliphatic carbocycles. The van der Waals surface area contributed by atoms with Crippen LogP contribution in [0.2, 0.25) is 10.0 Å². The van der Waals surface area contributed by atoms with E-state index < -0.39 is 48.1 Å². The summed E-state index contributed by atoms with van der Waals surface area (Å²) in [4.78, 5) is 16.6. The maximum atomic E-state index is 13.6. The molecule has 16 heteroatoms. The van der Waals surface area contributed by atoms with Gasteiger partial charge in [0.1, 0.15) is 6.61 Å². The average Bonchev–Trinajstić information content (AvgIpc) is 2.99. The first-order chi connectivity index (χ1) is 21.3. The highest BCUT2D eigenvalue weighted by Crippen LogP contribution is 2.39. The molecule has 3 aromatic rings. The van der Waals surface area contributed by atoms with E-state index in [1.54, 1.807) is 18.2 Å². The number of alkyl halides is 6. The van der Waals surface area contributed by atoms with Gasteiger partial charge in [-0.2, -0.15) is 26.3 Å². The number of carbonyl (C=O) groups excluding carboxylic acids is 1. The quantitative estimate of drug-likeness (QED) is 0.232. The van der Waals surface area contributed by atoms with Crippen molar-refractivity contribution >= 4 is 59.8 Å². The molecule has 5 rings (SSSR count). The molecule has 2 saturated heterocycles. The molecule has 3 N–H and O–H groups in total. The summed E-state index contributed by atoms with van der Waals surface area (Å²) < 4.78 is 87.0. The van der Waals surface area contributed by atoms with Gasteiger partial charge < -0.3 is 25.3 Å². The second kappa shape index (κ2) is 17.4. The number of para-hydroxylation sites is 1. The molecule has 2 atom stereocenters. The molecule has 2 fully saturated rings. The highest BCUT2D eigenvalue weighted by atomic mass is 35.5. The zero-order chi connectivity index (χ0) is 32.4. The van der Waals surface area contributed by atoms with Crippen molar-refractivity contribution in [1.82, 2.24) is 9.80 Å². The number of hydrogen-bond donors (Lipinski definition) is 1. The van der Waals surface area contributed by atoms with E-state index in [1.165, 1.54) is 4.90 Å². The fourth-order valence-corrected chi connectivity index (χ4v) is 6.31. The van der Waals surface area contributed by atoms with E-state index in [2.05, 4.69) is 10.2 Å². The van der Waals surface area contributed by atoms with Crippen LogP contribution in [-0.4, -0.2) is 59.7 Å². The Bertz CT molecular complexity index is 1460. The first kappa shape index (κ1) is 41.6. The fourth-order valence-electron chi connectivity index (χ4n) is 6.00. The van der Waals surface area contributed by atoms with Crippen LogP contribution >= 0.6 is 48.0 Å². The molecule has 1 amide bonds. The average molecular weight is 765 g/mol. The maximum absolute atomic E-state index is 13.6. The number of likely N-dealkylation sites (tertiary alicyclic amines) is 1. The van der Waals surface area contributed by atoms with Crippen LogP contribution in [0.4, 0.5) is 36.8 Å². The van der Waals surface area contributed by atoms with Gasteiger partial charge in [-0.25, -0.2) is 4.79 Å². The van der Waals surface area contributed by atoms with E-state index in [-0.39, 0.29) is 59.6 Å². The van der Waals surface area contributed by atoms with Gasteiger partial charge in [0.2, 0.25) is 0 Å². The minimum atomic E-state index is -5.01. The third kappa shape index (κ3) is 10.4. The third-order valence-corrected chi connectivity index (χ3v) is 9.07. The van der Waals surface area contributed by atoms with Crippen LogP contribution in [0.1, 0.15) is 47.4 Å². The van der Waals surface area contributed by atoms with Gasteiger partial charge in [0.25, 0.3) is 0 Å². The topological polar surface area (TPSA) is 76.3 Å². The summed E-state index contributed by atoms with van der Waals surface area (Å²) in [6.45, 7) is 1.58. The third-order valence-electron chi connectivity index (χ3n) is 8.33. The van der Waals surface area contributed by atoms with Crippen molar-refractivity contribution in [3.8, 4) is 0 Å². The number of anilines is 1. The molecule has 266 valence electrons. The van der Waals surface area contributed by atoms with E-state index in [9.17, 15) is 31.1 Å². The molecule has 0 aromatic heterocycles. The van der Waals surface area contributed by atoms with E-state index in [1.807, 2.05) is 30.3 Å². The Balaban J connectivity index is 0.00000267. The molecule has 0 spiro atoms. The minimum absolute atomic E-state index is 0.